The molecule has 148 valence electrons. The van der Waals surface area contributed by atoms with Gasteiger partial charge in [-0.3, -0.25) is 4.79 Å². The van der Waals surface area contributed by atoms with E-state index in [0.29, 0.717) is 30.4 Å². The van der Waals surface area contributed by atoms with E-state index >= 15 is 0 Å². The van der Waals surface area contributed by atoms with Gasteiger partial charge < -0.3 is 9.47 Å². The Morgan fingerprint density at radius 2 is 1.37 bits per heavy atom. The number of aldehydes is 1. The van der Waals surface area contributed by atoms with Crippen molar-refractivity contribution in [2.45, 2.75) is 13.2 Å². The lowest BCUT2D eigenvalue weighted by atomic mass is 10.0. The molecule has 0 aliphatic heterocycles. The molecular weight excluding hydrogens is 374 g/mol. The van der Waals surface area contributed by atoms with Crippen molar-refractivity contribution in [1.82, 2.24) is 4.98 Å². The second-order valence-electron chi connectivity index (χ2n) is 6.84. The zero-order valence-electron chi connectivity index (χ0n) is 16.4. The second-order valence-corrected chi connectivity index (χ2v) is 6.84. The van der Waals surface area contributed by atoms with E-state index in [-0.39, 0.29) is 0 Å². The second kappa shape index (κ2) is 9.52. The molecule has 4 heteroatoms. The Bertz CT molecular complexity index is 1090. The van der Waals surface area contributed by atoms with E-state index in [0.717, 1.165) is 28.5 Å². The third-order valence-corrected chi connectivity index (χ3v) is 4.61. The Hall–Kier alpha value is -3.92. The first-order valence-electron chi connectivity index (χ1n) is 9.70. The van der Waals surface area contributed by atoms with Gasteiger partial charge in [-0.05, 0) is 41.0 Å². The van der Waals surface area contributed by atoms with Crippen molar-refractivity contribution in [3.63, 3.8) is 0 Å². The van der Waals surface area contributed by atoms with Gasteiger partial charge in [0.15, 0.2) is 0 Å². The molecule has 0 N–H and O–H groups in total. The van der Waals surface area contributed by atoms with Crippen molar-refractivity contribution in [1.29, 1.82) is 0 Å². The number of aromatic nitrogens is 1. The van der Waals surface area contributed by atoms with Crippen LogP contribution in [0.1, 0.15) is 21.5 Å². The van der Waals surface area contributed by atoms with Crippen LogP contribution in [0.3, 0.4) is 0 Å². The Balaban J connectivity index is 1.47. The molecule has 0 spiro atoms. The van der Waals surface area contributed by atoms with E-state index in [1.54, 1.807) is 12.3 Å². The molecule has 0 radical (unpaired) electrons. The number of carbonyl (C=O) groups excluding carboxylic acids is 1. The average Bonchev–Trinajstić information content (AvgIpc) is 2.83. The molecule has 4 rings (SSSR count). The third-order valence-electron chi connectivity index (χ3n) is 4.61. The fourth-order valence-corrected chi connectivity index (χ4v) is 3.05. The molecule has 0 amide bonds. The van der Waals surface area contributed by atoms with Gasteiger partial charge in [-0.2, -0.15) is 0 Å². The summed E-state index contributed by atoms with van der Waals surface area (Å²) < 4.78 is 11.7. The highest BCUT2D eigenvalue weighted by Gasteiger charge is 2.06. The summed E-state index contributed by atoms with van der Waals surface area (Å²) >= 11 is 0. The quantitative estimate of drug-likeness (QED) is 0.358. The number of benzene rings is 3. The molecule has 4 nitrogen and oxygen atoms in total. The minimum Gasteiger partial charge on any atom is -0.489 e. The van der Waals surface area contributed by atoms with Crippen LogP contribution in [0, 0.1) is 0 Å². The van der Waals surface area contributed by atoms with Gasteiger partial charge in [0.05, 0.1) is 0 Å². The lowest BCUT2D eigenvalue weighted by Gasteiger charge is -2.10. The number of hydrogen-bond acceptors (Lipinski definition) is 4. The zero-order valence-corrected chi connectivity index (χ0v) is 16.4. The van der Waals surface area contributed by atoms with E-state index in [4.69, 9.17) is 9.47 Å². The van der Waals surface area contributed by atoms with Gasteiger partial charge in [-0.15, -0.1) is 0 Å². The first-order valence-corrected chi connectivity index (χ1v) is 9.70. The Labute approximate surface area is 175 Å². The number of rotatable bonds is 8. The average molecular weight is 395 g/mol. The van der Waals surface area contributed by atoms with Crippen LogP contribution in [0.4, 0.5) is 0 Å². The molecule has 0 aliphatic rings. The molecule has 0 fully saturated rings. The maximum atomic E-state index is 11.4. The number of nitrogens with zero attached hydrogens (tertiary/aromatic N) is 1. The minimum atomic E-state index is 0.438. The summed E-state index contributed by atoms with van der Waals surface area (Å²) in [5.41, 5.74) is 4.46. The molecule has 0 saturated carbocycles. The highest BCUT2D eigenvalue weighted by Crippen LogP contribution is 2.27. The van der Waals surface area contributed by atoms with Crippen LogP contribution in [0.2, 0.25) is 0 Å². The molecule has 3 aromatic carbocycles. The number of pyridine rings is 1. The van der Waals surface area contributed by atoms with E-state index < -0.39 is 0 Å². The molecule has 0 atom stereocenters. The molecule has 1 heterocycles. The highest BCUT2D eigenvalue weighted by atomic mass is 16.5. The van der Waals surface area contributed by atoms with Gasteiger partial charge in [-0.1, -0.05) is 60.7 Å². The van der Waals surface area contributed by atoms with Gasteiger partial charge in [0.25, 0.3) is 0 Å². The molecule has 30 heavy (non-hydrogen) atoms. The van der Waals surface area contributed by atoms with Crippen molar-refractivity contribution in [2.24, 2.45) is 0 Å². The van der Waals surface area contributed by atoms with Crippen molar-refractivity contribution < 1.29 is 14.3 Å². The van der Waals surface area contributed by atoms with Crippen LogP contribution in [-0.4, -0.2) is 11.3 Å². The summed E-state index contributed by atoms with van der Waals surface area (Å²) in [5, 5.41) is 0. The van der Waals surface area contributed by atoms with Crippen LogP contribution in [0.5, 0.6) is 11.6 Å². The molecule has 4 aromatic rings. The van der Waals surface area contributed by atoms with Gasteiger partial charge >= 0.3 is 0 Å². The van der Waals surface area contributed by atoms with Gasteiger partial charge in [0.1, 0.15) is 25.2 Å². The van der Waals surface area contributed by atoms with Crippen LogP contribution >= 0.6 is 0 Å². The van der Waals surface area contributed by atoms with Crippen LogP contribution in [0.25, 0.3) is 11.1 Å². The van der Waals surface area contributed by atoms with Crippen LogP contribution < -0.4 is 9.47 Å². The predicted molar refractivity (Wildman–Crippen MR) is 117 cm³/mol. The van der Waals surface area contributed by atoms with Crippen LogP contribution in [0.15, 0.2) is 97.2 Å². The summed E-state index contributed by atoms with van der Waals surface area (Å²) in [6, 6.07) is 29.1. The zero-order chi connectivity index (χ0) is 20.6. The summed E-state index contributed by atoms with van der Waals surface area (Å²) in [6.07, 6.45) is 2.56. The lowest BCUT2D eigenvalue weighted by molar-refractivity contribution is 0.112. The van der Waals surface area contributed by atoms with Crippen LogP contribution in [-0.2, 0) is 13.2 Å². The molecule has 1 aromatic heterocycles. The largest absolute Gasteiger partial charge is 0.489 e. The monoisotopic (exact) mass is 395 g/mol. The predicted octanol–water partition coefficient (Wildman–Crippen LogP) is 5.72. The SMILES string of the molecule is O=Cc1cc(OCc2ccccc2)cc(-c2ccc(OCc3ccccc3)nc2)c1. The molecule has 0 bridgehead atoms. The normalized spacial score (nSPS) is 10.4. The van der Waals surface area contributed by atoms with Gasteiger partial charge in [0, 0.05) is 23.4 Å². The maximum absolute atomic E-state index is 11.4. The summed E-state index contributed by atoms with van der Waals surface area (Å²) in [7, 11) is 0. The molecule has 0 aliphatic carbocycles. The van der Waals surface area contributed by atoms with Crippen molar-refractivity contribution in [3.05, 3.63) is 114 Å². The number of ether oxygens (including phenoxy) is 2. The van der Waals surface area contributed by atoms with E-state index in [2.05, 4.69) is 4.98 Å². The molecule has 0 unspecified atom stereocenters. The Kier molecular flexibility index (Phi) is 6.16. The first kappa shape index (κ1) is 19.4. The molecular formula is C26H21NO3. The van der Waals surface area contributed by atoms with E-state index in [9.17, 15) is 4.79 Å². The number of hydrogen-bond donors (Lipinski definition) is 0. The third kappa shape index (κ3) is 5.11. The smallest absolute Gasteiger partial charge is 0.213 e. The fourth-order valence-electron chi connectivity index (χ4n) is 3.05. The lowest BCUT2D eigenvalue weighted by Crippen LogP contribution is -1.98. The summed E-state index contributed by atoms with van der Waals surface area (Å²) in [5.74, 6) is 1.19. The number of carbonyl (C=O) groups is 1. The van der Waals surface area contributed by atoms with Crippen molar-refractivity contribution >= 4 is 6.29 Å². The Morgan fingerprint density at radius 1 is 0.700 bits per heavy atom. The fraction of sp³-hybridized carbons (Fsp3) is 0.0769. The maximum Gasteiger partial charge on any atom is 0.213 e. The highest BCUT2D eigenvalue weighted by molar-refractivity contribution is 5.80. The van der Waals surface area contributed by atoms with E-state index in [1.165, 1.54) is 0 Å². The minimum absolute atomic E-state index is 0.438. The Morgan fingerprint density at radius 3 is 1.97 bits per heavy atom. The van der Waals surface area contributed by atoms with Gasteiger partial charge in [-0.25, -0.2) is 4.98 Å². The molecule has 0 saturated heterocycles. The topological polar surface area (TPSA) is 48.4 Å². The first-order chi connectivity index (χ1) is 14.8. The standard InChI is InChI=1S/C26H21NO3/c28-17-22-13-24(15-25(14-22)29-18-20-7-3-1-4-8-20)23-11-12-26(27-16-23)30-19-21-9-5-2-6-10-21/h1-17H,18-19H2. The van der Waals surface area contributed by atoms with E-state index in [1.807, 2.05) is 84.9 Å². The summed E-state index contributed by atoms with van der Waals surface area (Å²) in [4.78, 5) is 15.8. The van der Waals surface area contributed by atoms with Crippen molar-refractivity contribution in [2.75, 3.05) is 0 Å². The summed E-state index contributed by atoms with van der Waals surface area (Å²) in [6.45, 7) is 0.901. The van der Waals surface area contributed by atoms with Gasteiger partial charge in [0.2, 0.25) is 5.88 Å². The van der Waals surface area contributed by atoms with Crippen molar-refractivity contribution in [3.8, 4) is 22.8 Å².